The molecule has 0 saturated heterocycles. The van der Waals surface area contributed by atoms with Crippen LogP contribution in [-0.2, 0) is 0 Å². The highest BCUT2D eigenvalue weighted by Gasteiger charge is 2.30. The highest BCUT2D eigenvalue weighted by Crippen LogP contribution is 2.28. The van der Waals surface area contributed by atoms with E-state index in [9.17, 15) is 0 Å². The van der Waals surface area contributed by atoms with E-state index < -0.39 is 0 Å². The molecule has 2 aliphatic rings. The maximum atomic E-state index is 5.23. The van der Waals surface area contributed by atoms with Crippen molar-refractivity contribution in [1.82, 2.24) is 0 Å². The van der Waals surface area contributed by atoms with Crippen LogP contribution >= 0.6 is 0 Å². The molecule has 0 unspecified atom stereocenters. The van der Waals surface area contributed by atoms with Crippen molar-refractivity contribution in [2.45, 2.75) is 27.7 Å². The van der Waals surface area contributed by atoms with Crippen molar-refractivity contribution in [3.63, 3.8) is 0 Å². The lowest BCUT2D eigenvalue weighted by Gasteiger charge is -2.25. The second-order valence-corrected chi connectivity index (χ2v) is 13.5. The summed E-state index contributed by atoms with van der Waals surface area (Å²) in [7, 11) is 0. The summed E-state index contributed by atoms with van der Waals surface area (Å²) in [5.41, 5.74) is 13.1. The Morgan fingerprint density at radius 2 is 0.941 bits per heavy atom. The molecule has 0 N–H and O–H groups in total. The molecule has 0 saturated carbocycles. The van der Waals surface area contributed by atoms with Gasteiger partial charge in [-0.15, -0.1) is 0 Å². The lowest BCUT2D eigenvalue weighted by atomic mass is 9.35. The molecule has 2 aliphatic heterocycles. The summed E-state index contributed by atoms with van der Waals surface area (Å²) in [6, 6.07) is 53.9. The number of para-hydroxylation sites is 2. The molecule has 0 atom stereocenters. The number of benzene rings is 6. The third-order valence-corrected chi connectivity index (χ3v) is 9.88. The van der Waals surface area contributed by atoms with Gasteiger partial charge in [0.1, 0.15) is 19.2 Å². The van der Waals surface area contributed by atoms with Crippen LogP contribution in [0.1, 0.15) is 29.2 Å². The lowest BCUT2D eigenvalue weighted by molar-refractivity contribution is 0.912. The standard InChI is InChI=1S/C44H41BN6/c1-32-26-33(2)43(34(3)27-32)45(37-18-14-24-41(28-37)50-30-48(35(4)46-50)39-20-10-6-11-21-39)38-19-15-25-42(29-38)51-31-49(40-22-12-7-13-23-40)44(47-51)36-16-8-5-9-17-36/h5-29H,30-31H2,1-4H3. The maximum Gasteiger partial charge on any atom is 0.242 e. The average Bonchev–Trinajstić information content (AvgIpc) is 3.79. The van der Waals surface area contributed by atoms with Crippen molar-refractivity contribution in [3.05, 3.63) is 174 Å². The first-order chi connectivity index (χ1) is 24.9. The largest absolute Gasteiger partial charge is 0.308 e. The summed E-state index contributed by atoms with van der Waals surface area (Å²) < 4.78 is 0. The van der Waals surface area contributed by atoms with Gasteiger partial charge in [-0.1, -0.05) is 136 Å². The van der Waals surface area contributed by atoms with E-state index in [-0.39, 0.29) is 6.71 Å². The van der Waals surface area contributed by atoms with Crippen LogP contribution < -0.4 is 36.2 Å². The molecule has 0 bridgehead atoms. The van der Waals surface area contributed by atoms with Crippen LogP contribution in [0, 0.1) is 20.8 Å². The van der Waals surface area contributed by atoms with Gasteiger partial charge in [-0.05, 0) is 76.2 Å². The van der Waals surface area contributed by atoms with Crippen molar-refractivity contribution >= 4 is 57.5 Å². The Labute approximate surface area is 301 Å². The Hall–Kier alpha value is -6.08. The Balaban J connectivity index is 1.19. The molecule has 0 aromatic heterocycles. The van der Waals surface area contributed by atoms with Crippen LogP contribution in [0.4, 0.5) is 22.7 Å². The summed E-state index contributed by atoms with van der Waals surface area (Å²) in [4.78, 5) is 4.54. The second-order valence-electron chi connectivity index (χ2n) is 13.5. The van der Waals surface area contributed by atoms with Crippen LogP contribution in [0.3, 0.4) is 0 Å². The fraction of sp³-hybridized carbons (Fsp3) is 0.136. The Kier molecular flexibility index (Phi) is 8.62. The van der Waals surface area contributed by atoms with Gasteiger partial charge >= 0.3 is 0 Å². The van der Waals surface area contributed by atoms with E-state index in [0.29, 0.717) is 13.3 Å². The normalized spacial score (nSPS) is 14.2. The smallest absolute Gasteiger partial charge is 0.242 e. The zero-order valence-electron chi connectivity index (χ0n) is 29.6. The van der Waals surface area contributed by atoms with E-state index in [1.54, 1.807) is 0 Å². The van der Waals surface area contributed by atoms with Crippen molar-refractivity contribution < 1.29 is 0 Å². The first kappa shape index (κ1) is 32.1. The van der Waals surface area contributed by atoms with Gasteiger partial charge in [-0.2, -0.15) is 10.2 Å². The molecule has 0 amide bonds. The molecular formula is C44H41BN6. The zero-order chi connectivity index (χ0) is 34.9. The molecule has 250 valence electrons. The number of aryl methyl sites for hydroxylation is 3. The first-order valence-corrected chi connectivity index (χ1v) is 17.6. The number of nitrogens with zero attached hydrogens (tertiary/aromatic N) is 6. The minimum absolute atomic E-state index is 0.00816. The fourth-order valence-corrected chi connectivity index (χ4v) is 7.57. The maximum absolute atomic E-state index is 5.23. The Bertz CT molecular complexity index is 2210. The van der Waals surface area contributed by atoms with Crippen molar-refractivity contribution in [2.24, 2.45) is 10.2 Å². The SMILES string of the molecule is CC1=NN(c2cccc(B(c3cccc(N4CN(c5ccccc5)C(c5ccccc5)=N4)c3)c3c(C)cc(C)cc3C)c2)CN1c1ccccc1. The molecule has 7 heteroatoms. The van der Waals surface area contributed by atoms with Gasteiger partial charge in [0.2, 0.25) is 6.71 Å². The summed E-state index contributed by atoms with van der Waals surface area (Å²) in [6.45, 7) is 10.0. The van der Waals surface area contributed by atoms with Crippen molar-refractivity contribution in [1.29, 1.82) is 0 Å². The molecule has 6 aromatic rings. The molecule has 6 nitrogen and oxygen atoms in total. The van der Waals surface area contributed by atoms with Gasteiger partial charge in [0, 0.05) is 16.9 Å². The molecule has 0 fully saturated rings. The number of anilines is 4. The molecular weight excluding hydrogens is 623 g/mol. The average molecular weight is 665 g/mol. The van der Waals surface area contributed by atoms with Gasteiger partial charge in [-0.3, -0.25) is 0 Å². The Morgan fingerprint density at radius 1 is 0.471 bits per heavy atom. The van der Waals surface area contributed by atoms with Crippen molar-refractivity contribution in [3.8, 4) is 0 Å². The minimum Gasteiger partial charge on any atom is -0.308 e. The van der Waals surface area contributed by atoms with E-state index in [2.05, 4.69) is 193 Å². The van der Waals surface area contributed by atoms with E-state index in [1.807, 2.05) is 6.07 Å². The molecule has 8 rings (SSSR count). The molecule has 0 radical (unpaired) electrons. The first-order valence-electron chi connectivity index (χ1n) is 17.6. The van der Waals surface area contributed by atoms with Gasteiger partial charge in [-0.25, -0.2) is 10.0 Å². The van der Waals surface area contributed by atoms with Crippen LogP contribution in [0.2, 0.25) is 0 Å². The minimum atomic E-state index is 0.00816. The van der Waals surface area contributed by atoms with Crippen molar-refractivity contribution in [2.75, 3.05) is 33.2 Å². The third kappa shape index (κ3) is 6.39. The summed E-state index contributed by atoms with van der Waals surface area (Å²) in [6.07, 6.45) is 0. The molecule has 6 aromatic carbocycles. The van der Waals surface area contributed by atoms with Gasteiger partial charge in [0.05, 0.1) is 11.4 Å². The van der Waals surface area contributed by atoms with E-state index >= 15 is 0 Å². The third-order valence-electron chi connectivity index (χ3n) is 9.88. The highest BCUT2D eigenvalue weighted by atomic mass is 15.6. The predicted octanol–water partition coefficient (Wildman–Crippen LogP) is 7.39. The number of hydrogen-bond donors (Lipinski definition) is 0. The van der Waals surface area contributed by atoms with Crippen LogP contribution in [0.25, 0.3) is 0 Å². The van der Waals surface area contributed by atoms with Gasteiger partial charge in [0.25, 0.3) is 0 Å². The summed E-state index contributed by atoms with van der Waals surface area (Å²) in [5.74, 6) is 1.92. The quantitative estimate of drug-likeness (QED) is 0.159. The zero-order valence-corrected chi connectivity index (χ0v) is 29.6. The summed E-state index contributed by atoms with van der Waals surface area (Å²) >= 11 is 0. The lowest BCUT2D eigenvalue weighted by Crippen LogP contribution is -2.54. The molecule has 51 heavy (non-hydrogen) atoms. The fourth-order valence-electron chi connectivity index (χ4n) is 7.57. The van der Waals surface area contributed by atoms with Crippen LogP contribution in [0.5, 0.6) is 0 Å². The number of amidine groups is 2. The Morgan fingerprint density at radius 3 is 1.51 bits per heavy atom. The predicted molar refractivity (Wildman–Crippen MR) is 217 cm³/mol. The molecule has 2 heterocycles. The number of hydrogen-bond acceptors (Lipinski definition) is 6. The monoisotopic (exact) mass is 664 g/mol. The highest BCUT2D eigenvalue weighted by molar-refractivity contribution is 6.96. The number of rotatable bonds is 8. The van der Waals surface area contributed by atoms with Crippen LogP contribution in [0.15, 0.2) is 162 Å². The second kappa shape index (κ2) is 13.7. The van der Waals surface area contributed by atoms with Crippen LogP contribution in [-0.4, -0.2) is 31.7 Å². The van der Waals surface area contributed by atoms with E-state index in [4.69, 9.17) is 10.2 Å². The van der Waals surface area contributed by atoms with E-state index in [0.717, 1.165) is 40.0 Å². The number of hydrazone groups is 2. The molecule has 0 aliphatic carbocycles. The molecule has 0 spiro atoms. The van der Waals surface area contributed by atoms with Gasteiger partial charge in [0.15, 0.2) is 5.84 Å². The summed E-state index contributed by atoms with van der Waals surface area (Å²) in [5, 5.41) is 14.5. The topological polar surface area (TPSA) is 37.7 Å². The van der Waals surface area contributed by atoms with E-state index in [1.165, 1.54) is 33.1 Å². The van der Waals surface area contributed by atoms with Gasteiger partial charge < -0.3 is 9.80 Å².